The van der Waals surface area contributed by atoms with Gasteiger partial charge in [-0.3, -0.25) is 0 Å². The van der Waals surface area contributed by atoms with Crippen molar-refractivity contribution < 1.29 is 0 Å². The third kappa shape index (κ3) is 4.50. The van der Waals surface area contributed by atoms with Crippen molar-refractivity contribution >= 4 is 180 Å². The molecule has 0 saturated carbocycles. The number of rotatable bonds is 5. The third-order valence-corrected chi connectivity index (χ3v) is 8.36. The minimum atomic E-state index is -1.77. The molecule has 16 heteroatoms. The molecule has 0 saturated heterocycles. The van der Waals surface area contributed by atoms with Crippen LogP contribution in [0.4, 0.5) is 0 Å². The van der Waals surface area contributed by atoms with Crippen LogP contribution >= 0.6 is 0 Å². The first kappa shape index (κ1) is 34.8. The molecule has 0 nitrogen and oxygen atoms in total. The van der Waals surface area contributed by atoms with Crippen molar-refractivity contribution in [3.05, 3.63) is 78.3 Å². The molecule has 0 aromatic heterocycles. The zero-order valence-electron chi connectivity index (χ0n) is 24.7. The van der Waals surface area contributed by atoms with E-state index in [9.17, 15) is 0 Å². The van der Waals surface area contributed by atoms with Crippen LogP contribution in [-0.4, -0.2) is 126 Å². The van der Waals surface area contributed by atoms with E-state index in [4.69, 9.17) is 126 Å². The van der Waals surface area contributed by atoms with Crippen LogP contribution in [0.5, 0.6) is 0 Å². The maximum atomic E-state index is 6.87. The Kier molecular flexibility index (Phi) is 9.43. The van der Waals surface area contributed by atoms with E-state index in [1.54, 1.807) is 13.8 Å². The summed E-state index contributed by atoms with van der Waals surface area (Å²) >= 11 is 0. The summed E-state index contributed by atoms with van der Waals surface area (Å²) in [4.78, 5) is 0. The van der Waals surface area contributed by atoms with Gasteiger partial charge in [-0.2, -0.15) is 0 Å². The van der Waals surface area contributed by atoms with Crippen molar-refractivity contribution in [2.24, 2.45) is 0 Å². The third-order valence-electron chi connectivity index (χ3n) is 8.36. The van der Waals surface area contributed by atoms with Gasteiger partial charge in [-0.25, -0.2) is 0 Å². The molecular formula is C28H10B16. The lowest BCUT2D eigenvalue weighted by molar-refractivity contribution is 0.784. The fourth-order valence-electron chi connectivity index (χ4n) is 6.27. The van der Waals surface area contributed by atoms with Gasteiger partial charge in [-0.05, 0) is 44.5 Å². The Balaban J connectivity index is 2.65. The molecule has 44 heavy (non-hydrogen) atoms. The van der Waals surface area contributed by atoms with Gasteiger partial charge in [-0.1, -0.05) is 53.0 Å². The molecule has 1 spiro atoms. The Morgan fingerprint density at radius 1 is 0.523 bits per heavy atom. The predicted octanol–water partition coefficient (Wildman–Crippen LogP) is -6.19. The predicted molar refractivity (Wildman–Crippen MR) is 203 cm³/mol. The highest BCUT2D eigenvalue weighted by Crippen LogP contribution is 2.63. The molecule has 0 N–H and O–H groups in total. The summed E-state index contributed by atoms with van der Waals surface area (Å²) in [5, 5.41) is 0. The fraction of sp³-hybridized carbons (Fsp3) is 0.143. The lowest BCUT2D eigenvalue weighted by Gasteiger charge is -2.40. The van der Waals surface area contributed by atoms with Crippen LogP contribution in [-0.2, 0) is 5.41 Å². The normalized spacial score (nSPS) is 19.0. The van der Waals surface area contributed by atoms with E-state index in [1.165, 1.54) is 0 Å². The van der Waals surface area contributed by atoms with Crippen LogP contribution in [0.15, 0.2) is 56.0 Å². The van der Waals surface area contributed by atoms with Gasteiger partial charge >= 0.3 is 0 Å². The molecule has 32 radical (unpaired) electrons. The summed E-state index contributed by atoms with van der Waals surface area (Å²) in [5.74, 6) is 0. The number of fused-ring (bicyclic) bond motifs is 4. The van der Waals surface area contributed by atoms with Gasteiger partial charge in [-0.15, -0.1) is 55.8 Å². The largest absolute Gasteiger partial charge is 0.132 e. The Bertz CT molecular complexity index is 1860. The summed E-state index contributed by atoms with van der Waals surface area (Å²) in [6, 6.07) is 0. The molecule has 0 bridgehead atoms. The first-order valence-electron chi connectivity index (χ1n) is 13.2. The van der Waals surface area contributed by atoms with Crippen LogP contribution in [0, 0.1) is 0 Å². The van der Waals surface area contributed by atoms with Gasteiger partial charge in [0.2, 0.25) is 0 Å². The van der Waals surface area contributed by atoms with E-state index in [0.717, 1.165) is 0 Å². The fourth-order valence-corrected chi connectivity index (χ4v) is 6.27. The number of allylic oxidation sites excluding steroid dienone is 11. The summed E-state index contributed by atoms with van der Waals surface area (Å²) in [6.45, 7) is 7.25. The molecule has 0 fully saturated rings. The molecule has 1 unspecified atom stereocenters. The van der Waals surface area contributed by atoms with E-state index >= 15 is 0 Å². The van der Waals surface area contributed by atoms with Crippen LogP contribution in [0.1, 0.15) is 36.1 Å². The second-order valence-electron chi connectivity index (χ2n) is 10.9. The average molecular weight is 519 g/mol. The molecule has 0 amide bonds. The molecule has 0 aliphatic heterocycles. The van der Waals surface area contributed by atoms with Crippen molar-refractivity contribution in [3.63, 3.8) is 0 Å². The maximum absolute atomic E-state index is 6.87. The Labute approximate surface area is 283 Å². The zero-order chi connectivity index (χ0) is 33.5. The second kappa shape index (κ2) is 11.9. The molecule has 1 atom stereocenters. The standard InChI is InChI=1S/C28H10B16/c1-5(30)13-9(19(36)8(33)4-29)11-15(22(39)26(43)24(41)20(11)37)28(13)14(18(35)7(3)32)10(17(34)6(2)31)12-16(28)23(40)27(44)25(42)21(12)38/h1,4H2,2-3H3/b17-6-,18-7-,19-8-. The first-order valence-corrected chi connectivity index (χ1v) is 13.2. The lowest BCUT2D eigenvalue weighted by Crippen LogP contribution is -2.55. The van der Waals surface area contributed by atoms with Crippen LogP contribution in [0.25, 0.3) is 11.1 Å². The van der Waals surface area contributed by atoms with E-state index < -0.39 is 5.41 Å². The molecular weight excluding hydrogens is 509 g/mol. The molecule has 2 aromatic rings. The van der Waals surface area contributed by atoms with Crippen molar-refractivity contribution in [3.8, 4) is 0 Å². The van der Waals surface area contributed by atoms with E-state index in [0.29, 0.717) is 0 Å². The summed E-state index contributed by atoms with van der Waals surface area (Å²) < 4.78 is 0. The van der Waals surface area contributed by atoms with Crippen LogP contribution in [0.2, 0.25) is 6.32 Å². The van der Waals surface area contributed by atoms with Gasteiger partial charge in [0.25, 0.3) is 0 Å². The smallest absolute Gasteiger partial charge is 0.113 e. The average Bonchev–Trinajstić information content (AvgIpc) is 3.45. The molecule has 2 aromatic carbocycles. The van der Waals surface area contributed by atoms with E-state index in [1.807, 2.05) is 0 Å². The SMILES string of the molecule is [B]C/C([B])=C(/[B])C1=C(C([B])=C)C2(C(C(/[B])=C(/[B])C)=C(/C([B])=C(/[B])C)c3c([B])c([B])c([B])c([B])c32)c2c([B])c([B])c([B])c([B])c21. The first-order chi connectivity index (χ1) is 20.3. The Hall–Kier alpha value is -2.08. The molecule has 170 valence electrons. The van der Waals surface area contributed by atoms with Crippen molar-refractivity contribution in [2.45, 2.75) is 25.6 Å². The van der Waals surface area contributed by atoms with Crippen molar-refractivity contribution in [2.75, 3.05) is 0 Å². The quantitative estimate of drug-likeness (QED) is 0.346. The highest BCUT2D eigenvalue weighted by molar-refractivity contribution is 6.66. The Morgan fingerprint density at radius 3 is 1.23 bits per heavy atom. The van der Waals surface area contributed by atoms with Crippen molar-refractivity contribution in [1.82, 2.24) is 0 Å². The molecule has 2 aliphatic carbocycles. The topological polar surface area (TPSA) is 0 Å². The number of hydrogen-bond donors (Lipinski definition) is 0. The van der Waals surface area contributed by atoms with Gasteiger partial charge in [0.05, 0.1) is 13.3 Å². The van der Waals surface area contributed by atoms with Gasteiger partial charge < -0.3 is 0 Å². The highest BCUT2D eigenvalue weighted by atomic mass is 14.6. The van der Waals surface area contributed by atoms with Gasteiger partial charge in [0.1, 0.15) is 118 Å². The molecule has 0 heterocycles. The number of benzene rings is 2. The minimum absolute atomic E-state index is 0.0000485. The minimum Gasteiger partial charge on any atom is -0.132 e. The molecule has 2 aliphatic rings. The van der Waals surface area contributed by atoms with Crippen molar-refractivity contribution in [1.29, 1.82) is 0 Å². The summed E-state index contributed by atoms with van der Waals surface area (Å²) in [7, 11) is 105. The Morgan fingerprint density at radius 2 is 0.886 bits per heavy atom. The van der Waals surface area contributed by atoms with E-state index in [2.05, 4.69) is 6.58 Å². The monoisotopic (exact) mass is 522 g/mol. The summed E-state index contributed by atoms with van der Waals surface area (Å²) in [5.41, 5.74) is 0.314. The van der Waals surface area contributed by atoms with Gasteiger partial charge in [0, 0.05) is 0 Å². The van der Waals surface area contributed by atoms with Crippen LogP contribution in [0.3, 0.4) is 0 Å². The molecule has 4 rings (SSSR count). The second-order valence-corrected chi connectivity index (χ2v) is 10.9. The lowest BCUT2D eigenvalue weighted by atomic mass is 9.52. The zero-order valence-corrected chi connectivity index (χ0v) is 24.7. The maximum Gasteiger partial charge on any atom is 0.113 e. The highest BCUT2D eigenvalue weighted by Gasteiger charge is 2.56. The van der Waals surface area contributed by atoms with Crippen LogP contribution < -0.4 is 43.7 Å². The van der Waals surface area contributed by atoms with Gasteiger partial charge in [0.15, 0.2) is 0 Å². The number of hydrogen-bond acceptors (Lipinski definition) is 0. The summed E-state index contributed by atoms with van der Waals surface area (Å²) in [6.07, 6.45) is -0.142. The van der Waals surface area contributed by atoms with E-state index in [-0.39, 0.29) is 133 Å².